The third-order valence-electron chi connectivity index (χ3n) is 5.78. The van der Waals surface area contributed by atoms with Gasteiger partial charge < -0.3 is 14.4 Å². The Bertz CT molecular complexity index is 1220. The minimum atomic E-state index is -0.320. The second kappa shape index (κ2) is 8.43. The third-order valence-corrected chi connectivity index (χ3v) is 5.78. The first-order valence-electron chi connectivity index (χ1n) is 10.7. The first-order chi connectivity index (χ1) is 16.0. The number of carbonyl (C=O) groups is 3. The molecule has 1 atom stereocenters. The summed E-state index contributed by atoms with van der Waals surface area (Å²) in [5.41, 5.74) is 2.00. The number of hydrogen-bond donors (Lipinski definition) is 0. The summed E-state index contributed by atoms with van der Waals surface area (Å²) in [4.78, 5) is 41.1. The summed E-state index contributed by atoms with van der Waals surface area (Å²) in [6.07, 6.45) is -0.282. The van der Waals surface area contributed by atoms with E-state index >= 15 is 0 Å². The average Bonchev–Trinajstić information content (AvgIpc) is 3.08. The van der Waals surface area contributed by atoms with Gasteiger partial charge >= 0.3 is 0 Å². The van der Waals surface area contributed by atoms with Crippen LogP contribution in [0.5, 0.6) is 11.5 Å². The molecular weight excluding hydrogens is 420 g/mol. The van der Waals surface area contributed by atoms with Crippen LogP contribution in [-0.2, 0) is 6.54 Å². The van der Waals surface area contributed by atoms with E-state index < -0.39 is 0 Å². The zero-order valence-electron chi connectivity index (χ0n) is 18.1. The van der Waals surface area contributed by atoms with Crippen LogP contribution in [0.15, 0.2) is 72.8 Å². The Morgan fingerprint density at radius 3 is 2.33 bits per heavy atom. The number of rotatable bonds is 5. The van der Waals surface area contributed by atoms with Gasteiger partial charge in [0.1, 0.15) is 6.61 Å². The lowest BCUT2D eigenvalue weighted by molar-refractivity contribution is 0.0521. The van der Waals surface area contributed by atoms with Gasteiger partial charge in [-0.25, -0.2) is 0 Å². The van der Waals surface area contributed by atoms with E-state index in [1.807, 2.05) is 24.3 Å². The Balaban J connectivity index is 1.26. The van der Waals surface area contributed by atoms with Crippen molar-refractivity contribution in [2.75, 3.05) is 20.2 Å². The monoisotopic (exact) mass is 442 g/mol. The minimum Gasteiger partial charge on any atom is -0.486 e. The van der Waals surface area contributed by atoms with Gasteiger partial charge in [-0.05, 0) is 42.0 Å². The standard InChI is InChI=1S/C26H22N2O5/c1-27(15-19-16-32-22-11-4-5-12-23(22)33-19)24(29)18-8-6-7-17(13-18)14-28-25(30)20-9-2-3-10-21(20)26(28)31/h2-13,19H,14-16H2,1H3. The molecule has 3 amide bonds. The third kappa shape index (κ3) is 3.93. The number of carbonyl (C=O) groups excluding carboxylic acids is 3. The van der Waals surface area contributed by atoms with Gasteiger partial charge in [0.15, 0.2) is 17.6 Å². The second-order valence-electron chi connectivity index (χ2n) is 8.13. The van der Waals surface area contributed by atoms with Crippen molar-refractivity contribution in [2.45, 2.75) is 12.6 Å². The van der Waals surface area contributed by atoms with Gasteiger partial charge in [0.2, 0.25) is 0 Å². The molecule has 0 aromatic heterocycles. The molecule has 3 aromatic carbocycles. The Morgan fingerprint density at radius 1 is 0.939 bits per heavy atom. The molecule has 5 rings (SSSR count). The number of nitrogens with zero attached hydrogens (tertiary/aromatic N) is 2. The van der Waals surface area contributed by atoms with Crippen LogP contribution >= 0.6 is 0 Å². The molecule has 166 valence electrons. The van der Waals surface area contributed by atoms with E-state index in [4.69, 9.17) is 9.47 Å². The van der Waals surface area contributed by atoms with Crippen LogP contribution in [0.1, 0.15) is 36.6 Å². The number of ether oxygens (including phenoxy) is 2. The highest BCUT2D eigenvalue weighted by molar-refractivity contribution is 6.21. The van der Waals surface area contributed by atoms with Crippen molar-refractivity contribution in [1.29, 1.82) is 0 Å². The Morgan fingerprint density at radius 2 is 1.61 bits per heavy atom. The van der Waals surface area contributed by atoms with Crippen LogP contribution in [0.3, 0.4) is 0 Å². The van der Waals surface area contributed by atoms with E-state index in [9.17, 15) is 14.4 Å². The van der Waals surface area contributed by atoms with Gasteiger partial charge in [-0.15, -0.1) is 0 Å². The summed E-state index contributed by atoms with van der Waals surface area (Å²) in [7, 11) is 1.71. The molecule has 0 radical (unpaired) electrons. The number of para-hydroxylation sites is 2. The molecule has 2 heterocycles. The van der Waals surface area contributed by atoms with Crippen molar-refractivity contribution in [3.8, 4) is 11.5 Å². The number of fused-ring (bicyclic) bond motifs is 2. The predicted octanol–water partition coefficient (Wildman–Crippen LogP) is 3.39. The van der Waals surface area contributed by atoms with Crippen molar-refractivity contribution in [2.24, 2.45) is 0 Å². The van der Waals surface area contributed by atoms with E-state index in [1.54, 1.807) is 60.5 Å². The molecule has 0 bridgehead atoms. The van der Waals surface area contributed by atoms with E-state index in [2.05, 4.69) is 0 Å². The van der Waals surface area contributed by atoms with Crippen LogP contribution in [0, 0.1) is 0 Å². The molecule has 1 unspecified atom stereocenters. The van der Waals surface area contributed by atoms with Crippen LogP contribution in [-0.4, -0.2) is 53.8 Å². The molecule has 3 aromatic rings. The van der Waals surface area contributed by atoms with Crippen LogP contribution in [0.4, 0.5) is 0 Å². The Hall–Kier alpha value is -4.13. The smallest absolute Gasteiger partial charge is 0.261 e. The van der Waals surface area contributed by atoms with Gasteiger partial charge in [-0.3, -0.25) is 19.3 Å². The zero-order chi connectivity index (χ0) is 22.9. The van der Waals surface area contributed by atoms with Crippen molar-refractivity contribution in [3.05, 3.63) is 95.1 Å². The fourth-order valence-electron chi connectivity index (χ4n) is 4.13. The molecule has 0 saturated carbocycles. The highest BCUT2D eigenvalue weighted by Crippen LogP contribution is 2.31. The van der Waals surface area contributed by atoms with Crippen molar-refractivity contribution in [3.63, 3.8) is 0 Å². The second-order valence-corrected chi connectivity index (χ2v) is 8.13. The SMILES string of the molecule is CN(CC1COc2ccccc2O1)C(=O)c1cccc(CN2C(=O)c3ccccc3C2=O)c1. The normalized spacial score (nSPS) is 16.5. The number of likely N-dealkylation sites (N-methyl/N-ethyl adjacent to an activating group) is 1. The molecule has 0 fully saturated rings. The Labute approximate surface area is 191 Å². The molecule has 0 spiro atoms. The van der Waals surface area contributed by atoms with Gasteiger partial charge in [0.05, 0.1) is 24.2 Å². The topological polar surface area (TPSA) is 76.2 Å². The highest BCUT2D eigenvalue weighted by Gasteiger charge is 2.35. The number of hydrogen-bond acceptors (Lipinski definition) is 5. The maximum absolute atomic E-state index is 13.0. The van der Waals surface area contributed by atoms with Crippen molar-refractivity contribution >= 4 is 17.7 Å². The van der Waals surface area contributed by atoms with E-state index in [0.717, 1.165) is 0 Å². The molecule has 7 nitrogen and oxygen atoms in total. The lowest BCUT2D eigenvalue weighted by Crippen LogP contribution is -2.41. The quantitative estimate of drug-likeness (QED) is 0.566. The largest absolute Gasteiger partial charge is 0.486 e. The molecular formula is C26H22N2O5. The summed E-state index contributed by atoms with van der Waals surface area (Å²) in [6.45, 7) is 0.817. The highest BCUT2D eigenvalue weighted by atomic mass is 16.6. The summed E-state index contributed by atoms with van der Waals surface area (Å²) in [5, 5.41) is 0. The molecule has 0 aliphatic carbocycles. The van der Waals surface area contributed by atoms with Crippen LogP contribution in [0.25, 0.3) is 0 Å². The van der Waals surface area contributed by atoms with Crippen molar-refractivity contribution < 1.29 is 23.9 Å². The minimum absolute atomic E-state index is 0.105. The van der Waals surface area contributed by atoms with E-state index in [-0.39, 0.29) is 30.4 Å². The van der Waals surface area contributed by atoms with Crippen molar-refractivity contribution in [1.82, 2.24) is 9.80 Å². The molecule has 7 heteroatoms. The molecule has 2 aliphatic heterocycles. The molecule has 0 N–H and O–H groups in total. The number of amides is 3. The molecule has 33 heavy (non-hydrogen) atoms. The average molecular weight is 442 g/mol. The van der Waals surface area contributed by atoms with Gasteiger partial charge in [-0.1, -0.05) is 36.4 Å². The van der Waals surface area contributed by atoms with Crippen LogP contribution < -0.4 is 9.47 Å². The Kier molecular flexibility index (Phi) is 5.30. The zero-order valence-corrected chi connectivity index (χ0v) is 18.1. The van der Waals surface area contributed by atoms with Gasteiger partial charge in [-0.2, -0.15) is 0 Å². The first-order valence-corrected chi connectivity index (χ1v) is 10.7. The van der Waals surface area contributed by atoms with Gasteiger partial charge in [0.25, 0.3) is 17.7 Å². The number of benzene rings is 3. The fraction of sp³-hybridized carbons (Fsp3) is 0.192. The maximum Gasteiger partial charge on any atom is 0.261 e. The summed E-state index contributed by atoms with van der Waals surface area (Å²) in [6, 6.07) is 21.2. The first kappa shape index (κ1) is 20.8. The maximum atomic E-state index is 13.0. The summed E-state index contributed by atoms with van der Waals surface area (Å²) < 4.78 is 11.7. The predicted molar refractivity (Wildman–Crippen MR) is 120 cm³/mol. The molecule has 2 aliphatic rings. The lowest BCUT2D eigenvalue weighted by atomic mass is 10.1. The van der Waals surface area contributed by atoms with Gasteiger partial charge in [0, 0.05) is 12.6 Å². The summed E-state index contributed by atoms with van der Waals surface area (Å²) >= 11 is 0. The lowest BCUT2D eigenvalue weighted by Gasteiger charge is -2.29. The fourth-order valence-corrected chi connectivity index (χ4v) is 4.13. The van der Waals surface area contributed by atoms with E-state index in [0.29, 0.717) is 46.9 Å². The van der Waals surface area contributed by atoms with E-state index in [1.165, 1.54) is 4.90 Å². The number of imide groups is 1. The summed E-state index contributed by atoms with van der Waals surface area (Å²) in [5.74, 6) is 0.543. The molecule has 0 saturated heterocycles. The van der Waals surface area contributed by atoms with Crippen LogP contribution in [0.2, 0.25) is 0 Å².